The first-order valence-electron chi connectivity index (χ1n) is 6.50. The van der Waals surface area contributed by atoms with E-state index in [1.807, 2.05) is 0 Å². The fraction of sp³-hybridized carbons (Fsp3) is 0.250. The van der Waals surface area contributed by atoms with Gasteiger partial charge in [-0.25, -0.2) is 0 Å². The quantitative estimate of drug-likeness (QED) is 0.768. The lowest BCUT2D eigenvalue weighted by atomic mass is 9.86. The van der Waals surface area contributed by atoms with Gasteiger partial charge in [-0.15, -0.1) is 0 Å². The monoisotopic (exact) mass is 334 g/mol. The Bertz CT molecular complexity index is 654. The molecule has 1 unspecified atom stereocenters. The SMILES string of the molecule is CC(O)(c1ccccc1)c1cc(C(F)(F)F)cc(C(F)(F)F)c1. The molecule has 0 aliphatic heterocycles. The molecule has 124 valence electrons. The van der Waals surface area contributed by atoms with Crippen molar-refractivity contribution in [3.05, 3.63) is 70.8 Å². The van der Waals surface area contributed by atoms with E-state index in [9.17, 15) is 31.4 Å². The van der Waals surface area contributed by atoms with Crippen molar-refractivity contribution in [3.63, 3.8) is 0 Å². The summed E-state index contributed by atoms with van der Waals surface area (Å²) in [6.07, 6.45) is -9.91. The van der Waals surface area contributed by atoms with Crippen LogP contribution in [0.15, 0.2) is 48.5 Å². The lowest BCUT2D eigenvalue weighted by Gasteiger charge is -2.26. The maximum atomic E-state index is 12.9. The van der Waals surface area contributed by atoms with E-state index in [0.717, 1.165) is 6.92 Å². The summed E-state index contributed by atoms with van der Waals surface area (Å²) in [6.45, 7) is 1.15. The summed E-state index contributed by atoms with van der Waals surface area (Å²) < 4.78 is 77.3. The van der Waals surface area contributed by atoms with Crippen molar-refractivity contribution >= 4 is 0 Å². The zero-order chi connectivity index (χ0) is 17.5. The van der Waals surface area contributed by atoms with Gasteiger partial charge in [0.2, 0.25) is 0 Å². The molecule has 7 heteroatoms. The van der Waals surface area contributed by atoms with Crippen LogP contribution in [0.5, 0.6) is 0 Å². The highest BCUT2D eigenvalue weighted by atomic mass is 19.4. The van der Waals surface area contributed by atoms with Crippen LogP contribution in [0.1, 0.15) is 29.2 Å². The minimum atomic E-state index is -4.96. The molecule has 0 aliphatic rings. The molecule has 0 aliphatic carbocycles. The Kier molecular flexibility index (Phi) is 4.19. The molecule has 0 aromatic heterocycles. The number of halogens is 6. The van der Waals surface area contributed by atoms with Gasteiger partial charge in [-0.05, 0) is 36.2 Å². The Morgan fingerprint density at radius 1 is 0.652 bits per heavy atom. The van der Waals surface area contributed by atoms with Crippen molar-refractivity contribution < 1.29 is 31.4 Å². The van der Waals surface area contributed by atoms with Gasteiger partial charge in [0.25, 0.3) is 0 Å². The van der Waals surface area contributed by atoms with Gasteiger partial charge in [-0.3, -0.25) is 0 Å². The van der Waals surface area contributed by atoms with Gasteiger partial charge >= 0.3 is 12.4 Å². The third-order valence-electron chi connectivity index (χ3n) is 3.49. The average Bonchev–Trinajstić information content (AvgIpc) is 2.46. The summed E-state index contributed by atoms with van der Waals surface area (Å²) in [5, 5.41) is 10.5. The maximum Gasteiger partial charge on any atom is 0.416 e. The van der Waals surface area contributed by atoms with E-state index in [1.165, 1.54) is 24.3 Å². The first-order chi connectivity index (χ1) is 10.4. The third kappa shape index (κ3) is 3.67. The van der Waals surface area contributed by atoms with Gasteiger partial charge in [0.05, 0.1) is 11.1 Å². The predicted molar refractivity (Wildman–Crippen MR) is 71.6 cm³/mol. The normalized spacial score (nSPS) is 15.3. The number of hydrogen-bond donors (Lipinski definition) is 1. The summed E-state index contributed by atoms with van der Waals surface area (Å²) in [5.74, 6) is 0. The highest BCUT2D eigenvalue weighted by molar-refractivity contribution is 5.41. The number of alkyl halides is 6. The number of aliphatic hydroxyl groups is 1. The first kappa shape index (κ1) is 17.3. The van der Waals surface area contributed by atoms with Crippen LogP contribution in [0.4, 0.5) is 26.3 Å². The second kappa shape index (κ2) is 5.56. The molecule has 0 amide bonds. The molecule has 0 bridgehead atoms. The maximum absolute atomic E-state index is 12.9. The minimum absolute atomic E-state index is 0.0323. The van der Waals surface area contributed by atoms with E-state index >= 15 is 0 Å². The molecule has 2 rings (SSSR count). The van der Waals surface area contributed by atoms with Crippen LogP contribution in [0.2, 0.25) is 0 Å². The van der Waals surface area contributed by atoms with Crippen molar-refractivity contribution in [1.82, 2.24) is 0 Å². The number of benzene rings is 2. The molecule has 0 saturated heterocycles. The van der Waals surface area contributed by atoms with E-state index in [2.05, 4.69) is 0 Å². The van der Waals surface area contributed by atoms with Crippen LogP contribution in [0, 0.1) is 0 Å². The Morgan fingerprint density at radius 2 is 1.04 bits per heavy atom. The minimum Gasteiger partial charge on any atom is -0.381 e. The van der Waals surface area contributed by atoms with Gasteiger partial charge in [-0.2, -0.15) is 26.3 Å². The summed E-state index contributed by atoms with van der Waals surface area (Å²) >= 11 is 0. The fourth-order valence-corrected chi connectivity index (χ4v) is 2.17. The standard InChI is InChI=1S/C16H12F6O/c1-14(23,10-5-3-2-4-6-10)11-7-12(15(17,18)19)9-13(8-11)16(20,21)22/h2-9,23H,1H3. The molecule has 0 radical (unpaired) electrons. The van der Waals surface area contributed by atoms with Crippen molar-refractivity contribution in [3.8, 4) is 0 Å². The smallest absolute Gasteiger partial charge is 0.381 e. The second-order valence-corrected chi connectivity index (χ2v) is 5.23. The van der Waals surface area contributed by atoms with Crippen LogP contribution in [0.25, 0.3) is 0 Å². The number of hydrogen-bond acceptors (Lipinski definition) is 1. The van der Waals surface area contributed by atoms with E-state index < -0.39 is 34.6 Å². The molecule has 23 heavy (non-hydrogen) atoms. The van der Waals surface area contributed by atoms with Gasteiger partial charge in [0.1, 0.15) is 5.60 Å². The molecule has 0 saturated carbocycles. The lowest BCUT2D eigenvalue weighted by Crippen LogP contribution is -2.24. The highest BCUT2D eigenvalue weighted by Crippen LogP contribution is 2.39. The molecule has 2 aromatic carbocycles. The van der Waals surface area contributed by atoms with Crippen LogP contribution < -0.4 is 0 Å². The zero-order valence-electron chi connectivity index (χ0n) is 11.8. The lowest BCUT2D eigenvalue weighted by molar-refractivity contribution is -0.143. The molecule has 1 nitrogen and oxygen atoms in total. The van der Waals surface area contributed by atoms with Crippen LogP contribution >= 0.6 is 0 Å². The van der Waals surface area contributed by atoms with Crippen molar-refractivity contribution in [2.24, 2.45) is 0 Å². The van der Waals surface area contributed by atoms with Gasteiger partial charge in [-0.1, -0.05) is 30.3 Å². The van der Waals surface area contributed by atoms with E-state index in [1.54, 1.807) is 6.07 Å². The molecule has 0 heterocycles. The Hall–Kier alpha value is -2.02. The summed E-state index contributed by atoms with van der Waals surface area (Å²) in [5.41, 5.74) is -5.21. The average molecular weight is 334 g/mol. The van der Waals surface area contributed by atoms with E-state index in [-0.39, 0.29) is 11.6 Å². The first-order valence-corrected chi connectivity index (χ1v) is 6.50. The molecule has 2 aromatic rings. The topological polar surface area (TPSA) is 20.2 Å². The molecular weight excluding hydrogens is 322 g/mol. The van der Waals surface area contributed by atoms with Crippen molar-refractivity contribution in [2.45, 2.75) is 24.9 Å². The molecule has 1 N–H and O–H groups in total. The number of rotatable bonds is 2. The van der Waals surface area contributed by atoms with E-state index in [0.29, 0.717) is 12.1 Å². The second-order valence-electron chi connectivity index (χ2n) is 5.23. The molecule has 1 atom stereocenters. The van der Waals surface area contributed by atoms with Crippen LogP contribution in [0.3, 0.4) is 0 Å². The zero-order valence-corrected chi connectivity index (χ0v) is 11.8. The Morgan fingerprint density at radius 3 is 1.43 bits per heavy atom. The van der Waals surface area contributed by atoms with Gasteiger partial charge in [0, 0.05) is 0 Å². The largest absolute Gasteiger partial charge is 0.416 e. The van der Waals surface area contributed by atoms with Crippen molar-refractivity contribution in [2.75, 3.05) is 0 Å². The Balaban J connectivity index is 2.67. The summed E-state index contributed by atoms with van der Waals surface area (Å²) in [7, 11) is 0. The molecular formula is C16H12F6O. The van der Waals surface area contributed by atoms with Crippen LogP contribution in [-0.2, 0) is 18.0 Å². The van der Waals surface area contributed by atoms with Gasteiger partial charge < -0.3 is 5.11 Å². The summed E-state index contributed by atoms with van der Waals surface area (Å²) in [4.78, 5) is 0. The molecule has 0 fully saturated rings. The Labute approximate surface area is 128 Å². The molecule has 0 spiro atoms. The highest BCUT2D eigenvalue weighted by Gasteiger charge is 2.39. The third-order valence-corrected chi connectivity index (χ3v) is 3.49. The van der Waals surface area contributed by atoms with Gasteiger partial charge in [0.15, 0.2) is 0 Å². The van der Waals surface area contributed by atoms with Crippen LogP contribution in [-0.4, -0.2) is 5.11 Å². The van der Waals surface area contributed by atoms with E-state index in [4.69, 9.17) is 0 Å². The fourth-order valence-electron chi connectivity index (χ4n) is 2.17. The van der Waals surface area contributed by atoms with Crippen molar-refractivity contribution in [1.29, 1.82) is 0 Å². The predicted octanol–water partition coefficient (Wildman–Crippen LogP) is 4.98. The summed E-state index contributed by atoms with van der Waals surface area (Å²) in [6, 6.07) is 8.62.